The predicted octanol–water partition coefficient (Wildman–Crippen LogP) is 0.684. The van der Waals surface area contributed by atoms with Crippen LogP contribution in [0, 0.1) is 0 Å². The number of carbonyl (C=O) groups is 1. The summed E-state index contributed by atoms with van der Waals surface area (Å²) in [6.07, 6.45) is 6.11. The molecule has 2 fully saturated rings. The molecule has 2 aliphatic heterocycles. The van der Waals surface area contributed by atoms with Crippen LogP contribution in [0.5, 0.6) is 0 Å². The second kappa shape index (κ2) is 6.97. The van der Waals surface area contributed by atoms with E-state index in [0.29, 0.717) is 12.5 Å². The third kappa shape index (κ3) is 4.28. The lowest BCUT2D eigenvalue weighted by Crippen LogP contribution is -2.41. The Morgan fingerprint density at radius 2 is 1.65 bits per heavy atom. The predicted molar refractivity (Wildman–Crippen MR) is 69.0 cm³/mol. The Morgan fingerprint density at radius 3 is 2.41 bits per heavy atom. The second-order valence-electron chi connectivity index (χ2n) is 5.17. The summed E-state index contributed by atoms with van der Waals surface area (Å²) in [7, 11) is 0. The van der Waals surface area contributed by atoms with Crippen LogP contribution in [-0.4, -0.2) is 61.5 Å². The van der Waals surface area contributed by atoms with Gasteiger partial charge in [0.25, 0.3) is 0 Å². The number of rotatable bonds is 2. The zero-order valence-electron chi connectivity index (χ0n) is 10.8. The highest BCUT2D eigenvalue weighted by Crippen LogP contribution is 2.10. The van der Waals surface area contributed by atoms with Gasteiger partial charge in [-0.2, -0.15) is 0 Å². The van der Waals surface area contributed by atoms with Crippen LogP contribution in [0.2, 0.25) is 0 Å². The fourth-order valence-electron chi connectivity index (χ4n) is 2.67. The Bertz CT molecular complexity index is 229. The van der Waals surface area contributed by atoms with E-state index in [1.807, 2.05) is 0 Å². The van der Waals surface area contributed by atoms with Crippen molar-refractivity contribution in [3.8, 4) is 0 Å². The summed E-state index contributed by atoms with van der Waals surface area (Å²) < 4.78 is 0. The molecule has 0 radical (unpaired) electrons. The van der Waals surface area contributed by atoms with Crippen molar-refractivity contribution in [2.75, 3.05) is 45.8 Å². The molecular formula is C13H25N3O. The van der Waals surface area contributed by atoms with Crippen molar-refractivity contribution < 1.29 is 4.79 Å². The van der Waals surface area contributed by atoms with Gasteiger partial charge in [-0.3, -0.25) is 9.69 Å². The molecule has 2 aliphatic rings. The van der Waals surface area contributed by atoms with Gasteiger partial charge in [-0.05, 0) is 32.4 Å². The molecule has 2 heterocycles. The first kappa shape index (κ1) is 12.8. The zero-order valence-corrected chi connectivity index (χ0v) is 10.8. The molecule has 0 bridgehead atoms. The molecule has 0 spiro atoms. The highest BCUT2D eigenvalue weighted by Gasteiger charge is 2.18. The second-order valence-corrected chi connectivity index (χ2v) is 5.17. The third-order valence-electron chi connectivity index (χ3n) is 3.75. The summed E-state index contributed by atoms with van der Waals surface area (Å²) in [6.45, 7) is 6.77. The maximum Gasteiger partial charge on any atom is 0.236 e. The fourth-order valence-corrected chi connectivity index (χ4v) is 2.67. The highest BCUT2D eigenvalue weighted by molar-refractivity contribution is 5.78. The van der Waals surface area contributed by atoms with Gasteiger partial charge >= 0.3 is 0 Å². The van der Waals surface area contributed by atoms with Crippen LogP contribution < -0.4 is 5.32 Å². The number of nitrogens with zero attached hydrogens (tertiary/aromatic N) is 2. The zero-order chi connectivity index (χ0) is 11.9. The Morgan fingerprint density at radius 1 is 0.882 bits per heavy atom. The summed E-state index contributed by atoms with van der Waals surface area (Å²) in [4.78, 5) is 16.6. The molecule has 2 saturated heterocycles. The Balaban J connectivity index is 1.77. The third-order valence-corrected chi connectivity index (χ3v) is 3.75. The van der Waals surface area contributed by atoms with Gasteiger partial charge in [0.1, 0.15) is 0 Å². The lowest BCUT2D eigenvalue weighted by atomic mass is 10.2. The number of amides is 1. The highest BCUT2D eigenvalue weighted by atomic mass is 16.2. The monoisotopic (exact) mass is 239 g/mol. The molecule has 2 rings (SSSR count). The van der Waals surface area contributed by atoms with E-state index >= 15 is 0 Å². The van der Waals surface area contributed by atoms with Crippen molar-refractivity contribution >= 4 is 5.91 Å². The minimum atomic E-state index is 0.341. The molecule has 4 nitrogen and oxygen atoms in total. The molecule has 98 valence electrons. The van der Waals surface area contributed by atoms with Crippen molar-refractivity contribution in [2.45, 2.75) is 32.1 Å². The van der Waals surface area contributed by atoms with Crippen LogP contribution in [0.1, 0.15) is 32.1 Å². The van der Waals surface area contributed by atoms with Crippen molar-refractivity contribution in [2.24, 2.45) is 0 Å². The molecule has 0 saturated carbocycles. The van der Waals surface area contributed by atoms with Gasteiger partial charge in [-0.15, -0.1) is 0 Å². The molecule has 1 amide bonds. The minimum absolute atomic E-state index is 0.341. The molecule has 0 aromatic heterocycles. The average molecular weight is 239 g/mol. The fraction of sp³-hybridized carbons (Fsp3) is 0.923. The van der Waals surface area contributed by atoms with Crippen LogP contribution in [0.4, 0.5) is 0 Å². The number of hydrogen-bond donors (Lipinski definition) is 1. The molecular weight excluding hydrogens is 214 g/mol. The lowest BCUT2D eigenvalue weighted by molar-refractivity contribution is -0.132. The van der Waals surface area contributed by atoms with E-state index in [4.69, 9.17) is 0 Å². The van der Waals surface area contributed by atoms with Gasteiger partial charge in [-0.25, -0.2) is 0 Å². The van der Waals surface area contributed by atoms with Crippen molar-refractivity contribution in [1.82, 2.24) is 15.1 Å². The summed E-state index contributed by atoms with van der Waals surface area (Å²) in [5.74, 6) is 0.341. The van der Waals surface area contributed by atoms with Gasteiger partial charge < -0.3 is 10.2 Å². The van der Waals surface area contributed by atoms with Gasteiger partial charge in [0.05, 0.1) is 6.54 Å². The van der Waals surface area contributed by atoms with Gasteiger partial charge in [-0.1, -0.05) is 12.8 Å². The number of nitrogens with one attached hydrogen (secondary N) is 1. The first-order valence-electron chi connectivity index (χ1n) is 7.07. The minimum Gasteiger partial charge on any atom is -0.342 e. The maximum atomic E-state index is 12.2. The van der Waals surface area contributed by atoms with Crippen LogP contribution in [-0.2, 0) is 4.79 Å². The first-order chi connectivity index (χ1) is 8.36. The average Bonchev–Trinajstić information content (AvgIpc) is 2.72. The van der Waals surface area contributed by atoms with E-state index in [0.717, 1.165) is 45.7 Å². The molecule has 4 heteroatoms. The largest absolute Gasteiger partial charge is 0.342 e. The summed E-state index contributed by atoms with van der Waals surface area (Å²) in [5.41, 5.74) is 0. The van der Waals surface area contributed by atoms with Crippen LogP contribution in [0.25, 0.3) is 0 Å². The SMILES string of the molecule is O=C(CN1CCCNCC1)N1CCCCCC1. The quantitative estimate of drug-likeness (QED) is 0.770. The summed E-state index contributed by atoms with van der Waals surface area (Å²) in [5, 5.41) is 3.37. The normalized spacial score (nSPS) is 24.1. The number of hydrogen-bond acceptors (Lipinski definition) is 3. The number of likely N-dealkylation sites (tertiary alicyclic amines) is 1. The smallest absolute Gasteiger partial charge is 0.236 e. The first-order valence-corrected chi connectivity index (χ1v) is 7.07. The van der Waals surface area contributed by atoms with E-state index in [2.05, 4.69) is 15.1 Å². The van der Waals surface area contributed by atoms with E-state index < -0.39 is 0 Å². The summed E-state index contributed by atoms with van der Waals surface area (Å²) in [6, 6.07) is 0. The number of carbonyl (C=O) groups excluding carboxylic acids is 1. The van der Waals surface area contributed by atoms with E-state index in [1.165, 1.54) is 25.7 Å². The van der Waals surface area contributed by atoms with Gasteiger partial charge in [0.2, 0.25) is 5.91 Å². The summed E-state index contributed by atoms with van der Waals surface area (Å²) >= 11 is 0. The van der Waals surface area contributed by atoms with Gasteiger partial charge in [0, 0.05) is 26.2 Å². The van der Waals surface area contributed by atoms with E-state index in [1.54, 1.807) is 0 Å². The Hall–Kier alpha value is -0.610. The Labute approximate surface area is 104 Å². The van der Waals surface area contributed by atoms with Crippen molar-refractivity contribution in [1.29, 1.82) is 0 Å². The van der Waals surface area contributed by atoms with Gasteiger partial charge in [0.15, 0.2) is 0 Å². The van der Waals surface area contributed by atoms with Crippen LogP contribution in [0.15, 0.2) is 0 Å². The van der Waals surface area contributed by atoms with Crippen molar-refractivity contribution in [3.63, 3.8) is 0 Å². The molecule has 0 aliphatic carbocycles. The topological polar surface area (TPSA) is 35.6 Å². The Kier molecular flexibility index (Phi) is 5.26. The van der Waals surface area contributed by atoms with Crippen LogP contribution in [0.3, 0.4) is 0 Å². The van der Waals surface area contributed by atoms with E-state index in [9.17, 15) is 4.79 Å². The molecule has 0 aromatic carbocycles. The standard InChI is InChI=1S/C13H25N3O/c17-13(16-9-3-1-2-4-10-16)12-15-8-5-6-14-7-11-15/h14H,1-12H2. The van der Waals surface area contributed by atoms with Crippen LogP contribution >= 0.6 is 0 Å². The van der Waals surface area contributed by atoms with E-state index in [-0.39, 0.29) is 0 Å². The molecule has 0 aromatic rings. The molecule has 17 heavy (non-hydrogen) atoms. The van der Waals surface area contributed by atoms with Crippen molar-refractivity contribution in [3.05, 3.63) is 0 Å². The molecule has 1 N–H and O–H groups in total. The molecule has 0 atom stereocenters. The lowest BCUT2D eigenvalue weighted by Gasteiger charge is -2.25. The molecule has 0 unspecified atom stereocenters. The maximum absolute atomic E-state index is 12.2.